The lowest BCUT2D eigenvalue weighted by Gasteiger charge is -2.18. The van der Waals surface area contributed by atoms with Gasteiger partial charge >= 0.3 is 0 Å². The Labute approximate surface area is 92.3 Å². The summed E-state index contributed by atoms with van der Waals surface area (Å²) >= 11 is 1.86. The van der Waals surface area contributed by atoms with Gasteiger partial charge in [-0.1, -0.05) is 0 Å². The van der Waals surface area contributed by atoms with E-state index in [0.717, 1.165) is 31.0 Å². The average Bonchev–Trinajstić information content (AvgIpc) is 2.53. The van der Waals surface area contributed by atoms with Gasteiger partial charge in [-0.2, -0.15) is 16.9 Å². The van der Waals surface area contributed by atoms with Gasteiger partial charge in [-0.05, 0) is 12.2 Å². The number of carbonyl (C=O) groups excluding carboxylic acids is 2. The summed E-state index contributed by atoms with van der Waals surface area (Å²) in [5.74, 6) is 1.80. The Kier molecular flexibility index (Phi) is 3.25. The molecule has 0 spiro atoms. The molecule has 0 radical (unpaired) electrons. The molecule has 1 fully saturated rings. The number of rotatable bonds is 1. The van der Waals surface area contributed by atoms with Gasteiger partial charge in [0.15, 0.2) is 0 Å². The maximum atomic E-state index is 11.9. The molecule has 6 heteroatoms. The first-order valence-electron chi connectivity index (χ1n) is 5.00. The Morgan fingerprint density at radius 2 is 2.27 bits per heavy atom. The van der Waals surface area contributed by atoms with E-state index in [-0.39, 0.29) is 18.2 Å². The van der Waals surface area contributed by atoms with E-state index in [1.165, 1.54) is 0 Å². The van der Waals surface area contributed by atoms with E-state index >= 15 is 0 Å². The van der Waals surface area contributed by atoms with E-state index < -0.39 is 0 Å². The fourth-order valence-electron chi connectivity index (χ4n) is 1.62. The van der Waals surface area contributed by atoms with E-state index in [0.29, 0.717) is 5.71 Å². The number of carbonyl (C=O) groups is 2. The third-order valence-electron chi connectivity index (χ3n) is 2.40. The number of hydrogen-bond donors (Lipinski definition) is 1. The number of hydrazone groups is 1. The van der Waals surface area contributed by atoms with Crippen LogP contribution in [0.3, 0.4) is 0 Å². The summed E-state index contributed by atoms with van der Waals surface area (Å²) in [5.41, 5.74) is 2.66. The first kappa shape index (κ1) is 10.5. The van der Waals surface area contributed by atoms with Crippen LogP contribution in [0, 0.1) is 0 Å². The molecular formula is C9H13N3O2S. The van der Waals surface area contributed by atoms with Crippen LogP contribution >= 0.6 is 11.8 Å². The lowest BCUT2D eigenvalue weighted by atomic mass is 10.2. The van der Waals surface area contributed by atoms with Crippen molar-refractivity contribution in [2.75, 3.05) is 24.6 Å². The molecule has 0 aliphatic carbocycles. The molecule has 0 aromatic rings. The van der Waals surface area contributed by atoms with Gasteiger partial charge in [0.25, 0.3) is 5.91 Å². The van der Waals surface area contributed by atoms with Crippen molar-refractivity contribution in [3.8, 4) is 0 Å². The van der Waals surface area contributed by atoms with E-state index in [2.05, 4.69) is 10.5 Å². The topological polar surface area (TPSA) is 61.8 Å². The zero-order valence-corrected chi connectivity index (χ0v) is 9.18. The van der Waals surface area contributed by atoms with E-state index in [9.17, 15) is 9.59 Å². The average molecular weight is 227 g/mol. The number of nitrogens with one attached hydrogen (secondary N) is 1. The standard InChI is InChI=1S/C9H13N3O2S/c13-8-6-7(10-11-8)9(14)12-2-1-4-15-5-3-12/h1-6H2,(H,11,13). The van der Waals surface area contributed by atoms with Crippen molar-refractivity contribution in [3.05, 3.63) is 0 Å². The first-order valence-corrected chi connectivity index (χ1v) is 6.15. The van der Waals surface area contributed by atoms with Crippen LogP contribution in [0.2, 0.25) is 0 Å². The Morgan fingerprint density at radius 3 is 3.00 bits per heavy atom. The van der Waals surface area contributed by atoms with Gasteiger partial charge in [0.2, 0.25) is 5.91 Å². The Bertz CT molecular complexity index is 308. The maximum Gasteiger partial charge on any atom is 0.270 e. The SMILES string of the molecule is O=C1CC(C(=O)N2CCCSCC2)=NN1. The van der Waals surface area contributed by atoms with Crippen molar-refractivity contribution in [2.24, 2.45) is 5.10 Å². The molecule has 2 rings (SSSR count). The zero-order chi connectivity index (χ0) is 10.7. The van der Waals surface area contributed by atoms with Crippen molar-refractivity contribution in [1.29, 1.82) is 0 Å². The Morgan fingerprint density at radius 1 is 1.40 bits per heavy atom. The minimum atomic E-state index is -0.192. The lowest BCUT2D eigenvalue weighted by molar-refractivity contribution is -0.124. The predicted molar refractivity (Wildman–Crippen MR) is 58.7 cm³/mol. The molecule has 2 aliphatic rings. The summed E-state index contributed by atoms with van der Waals surface area (Å²) in [6.45, 7) is 1.54. The van der Waals surface area contributed by atoms with Crippen LogP contribution in [0.5, 0.6) is 0 Å². The molecule has 2 aliphatic heterocycles. The minimum Gasteiger partial charge on any atom is -0.337 e. The quantitative estimate of drug-likeness (QED) is 0.676. The molecule has 5 nitrogen and oxygen atoms in total. The molecule has 0 bridgehead atoms. The highest BCUT2D eigenvalue weighted by Gasteiger charge is 2.26. The Balaban J connectivity index is 1.97. The number of nitrogens with zero attached hydrogens (tertiary/aromatic N) is 2. The summed E-state index contributed by atoms with van der Waals surface area (Å²) in [6, 6.07) is 0. The van der Waals surface area contributed by atoms with Crippen molar-refractivity contribution < 1.29 is 9.59 Å². The van der Waals surface area contributed by atoms with Crippen molar-refractivity contribution in [2.45, 2.75) is 12.8 Å². The number of amides is 2. The molecule has 0 saturated carbocycles. The van der Waals surface area contributed by atoms with Crippen LogP contribution in [0.25, 0.3) is 0 Å². The molecule has 2 amide bonds. The van der Waals surface area contributed by atoms with E-state index in [1.54, 1.807) is 4.90 Å². The van der Waals surface area contributed by atoms with E-state index in [1.807, 2.05) is 11.8 Å². The van der Waals surface area contributed by atoms with Crippen LogP contribution in [0.1, 0.15) is 12.8 Å². The lowest BCUT2D eigenvalue weighted by Crippen LogP contribution is -2.37. The van der Waals surface area contributed by atoms with Crippen molar-refractivity contribution in [3.63, 3.8) is 0 Å². The van der Waals surface area contributed by atoms with Crippen molar-refractivity contribution in [1.82, 2.24) is 10.3 Å². The highest BCUT2D eigenvalue weighted by Crippen LogP contribution is 2.11. The van der Waals surface area contributed by atoms with Gasteiger partial charge in [-0.15, -0.1) is 0 Å². The van der Waals surface area contributed by atoms with Crippen LogP contribution in [-0.2, 0) is 9.59 Å². The molecule has 82 valence electrons. The second-order valence-corrected chi connectivity index (χ2v) is 4.75. The molecule has 0 unspecified atom stereocenters. The second-order valence-electron chi connectivity index (χ2n) is 3.53. The minimum absolute atomic E-state index is 0.0872. The third-order valence-corrected chi connectivity index (χ3v) is 3.45. The van der Waals surface area contributed by atoms with Crippen LogP contribution in [0.4, 0.5) is 0 Å². The van der Waals surface area contributed by atoms with Crippen molar-refractivity contribution >= 4 is 29.3 Å². The second kappa shape index (κ2) is 4.65. The number of hydrogen-bond acceptors (Lipinski definition) is 4. The maximum absolute atomic E-state index is 11.9. The fourth-order valence-corrected chi connectivity index (χ4v) is 2.50. The number of thioether (sulfide) groups is 1. The summed E-state index contributed by atoms with van der Waals surface area (Å²) in [4.78, 5) is 24.6. The molecule has 0 aromatic carbocycles. The third kappa shape index (κ3) is 2.50. The van der Waals surface area contributed by atoms with Crippen LogP contribution in [0.15, 0.2) is 5.10 Å². The van der Waals surface area contributed by atoms with Gasteiger partial charge in [0.05, 0.1) is 6.42 Å². The van der Waals surface area contributed by atoms with Gasteiger partial charge in [-0.3, -0.25) is 9.59 Å². The van der Waals surface area contributed by atoms with Gasteiger partial charge in [0, 0.05) is 18.8 Å². The summed E-state index contributed by atoms with van der Waals surface area (Å²) < 4.78 is 0. The monoisotopic (exact) mass is 227 g/mol. The molecule has 0 aromatic heterocycles. The Hall–Kier alpha value is -1.04. The van der Waals surface area contributed by atoms with Crippen LogP contribution in [-0.4, -0.2) is 47.0 Å². The molecule has 1 saturated heterocycles. The van der Waals surface area contributed by atoms with E-state index in [4.69, 9.17) is 0 Å². The van der Waals surface area contributed by atoms with Gasteiger partial charge in [0.1, 0.15) is 5.71 Å². The molecule has 2 heterocycles. The largest absolute Gasteiger partial charge is 0.337 e. The summed E-state index contributed by atoms with van der Waals surface area (Å²) in [7, 11) is 0. The summed E-state index contributed by atoms with van der Waals surface area (Å²) in [6.07, 6.45) is 1.15. The fraction of sp³-hybridized carbons (Fsp3) is 0.667. The van der Waals surface area contributed by atoms with Gasteiger partial charge < -0.3 is 4.90 Å². The first-order chi connectivity index (χ1) is 7.27. The summed E-state index contributed by atoms with van der Waals surface area (Å²) in [5, 5.41) is 3.74. The molecular weight excluding hydrogens is 214 g/mol. The molecule has 1 N–H and O–H groups in total. The zero-order valence-electron chi connectivity index (χ0n) is 8.36. The highest BCUT2D eigenvalue weighted by molar-refractivity contribution is 7.99. The predicted octanol–water partition coefficient (Wildman–Crippen LogP) is -0.172. The normalized spacial score (nSPS) is 22.0. The molecule has 0 atom stereocenters. The smallest absolute Gasteiger partial charge is 0.270 e. The van der Waals surface area contributed by atoms with Crippen LogP contribution < -0.4 is 5.43 Å². The highest BCUT2D eigenvalue weighted by atomic mass is 32.2. The molecule has 15 heavy (non-hydrogen) atoms. The van der Waals surface area contributed by atoms with Gasteiger partial charge in [-0.25, -0.2) is 5.43 Å².